The molecule has 0 spiro atoms. The van der Waals surface area contributed by atoms with Gasteiger partial charge in [0, 0.05) is 6.04 Å². The molecular weight excluding hydrogens is 274 g/mol. The molecule has 0 bridgehead atoms. The topological polar surface area (TPSA) is 29.1 Å². The maximum Gasteiger partial charge on any atom is 0.419 e. The zero-order valence-electron chi connectivity index (χ0n) is 11.5. The number of benzene rings is 1. The van der Waals surface area contributed by atoms with Crippen LogP contribution in [0.1, 0.15) is 43.1 Å². The van der Waals surface area contributed by atoms with Gasteiger partial charge in [0.25, 0.3) is 5.91 Å². The smallest absolute Gasteiger partial charge is 0.349 e. The number of nitrogens with one attached hydrogen (secondary N) is 1. The van der Waals surface area contributed by atoms with Gasteiger partial charge in [-0.25, -0.2) is 4.39 Å². The van der Waals surface area contributed by atoms with Gasteiger partial charge in [-0.15, -0.1) is 0 Å². The molecule has 1 atom stereocenters. The molecule has 6 heteroatoms. The van der Waals surface area contributed by atoms with E-state index in [0.717, 1.165) is 12.1 Å². The van der Waals surface area contributed by atoms with E-state index in [1.165, 1.54) is 0 Å². The predicted molar refractivity (Wildman–Crippen MR) is 67.8 cm³/mol. The van der Waals surface area contributed by atoms with E-state index in [4.69, 9.17) is 0 Å². The van der Waals surface area contributed by atoms with Crippen molar-refractivity contribution in [1.82, 2.24) is 5.32 Å². The second-order valence-electron chi connectivity index (χ2n) is 5.17. The van der Waals surface area contributed by atoms with Crippen LogP contribution in [0.3, 0.4) is 0 Å². The van der Waals surface area contributed by atoms with Crippen molar-refractivity contribution in [3.05, 3.63) is 35.1 Å². The van der Waals surface area contributed by atoms with Gasteiger partial charge in [-0.05, 0) is 31.4 Å². The number of alkyl halides is 3. The van der Waals surface area contributed by atoms with Crippen molar-refractivity contribution >= 4 is 5.91 Å². The quantitative estimate of drug-likeness (QED) is 0.834. The zero-order valence-corrected chi connectivity index (χ0v) is 11.5. The van der Waals surface area contributed by atoms with Gasteiger partial charge >= 0.3 is 6.18 Å². The molecule has 0 saturated carbocycles. The molecule has 0 fully saturated rings. The number of rotatable bonds is 4. The lowest BCUT2D eigenvalue weighted by molar-refractivity contribution is -0.140. The molecule has 0 saturated heterocycles. The molecule has 1 aromatic carbocycles. The molecule has 0 aromatic heterocycles. The molecule has 1 amide bonds. The highest BCUT2D eigenvalue weighted by molar-refractivity contribution is 5.94. The van der Waals surface area contributed by atoms with Crippen molar-refractivity contribution in [2.75, 3.05) is 0 Å². The highest BCUT2D eigenvalue weighted by Gasteiger charge is 2.35. The maximum atomic E-state index is 13.8. The Kier molecular flexibility index (Phi) is 5.14. The van der Waals surface area contributed by atoms with Crippen LogP contribution in [0, 0.1) is 11.7 Å². The minimum atomic E-state index is -4.82. The van der Waals surface area contributed by atoms with E-state index in [-0.39, 0.29) is 6.04 Å². The summed E-state index contributed by atoms with van der Waals surface area (Å²) in [6.45, 7) is 5.63. The molecule has 0 radical (unpaired) electrons. The Morgan fingerprint density at radius 3 is 2.35 bits per heavy atom. The van der Waals surface area contributed by atoms with Gasteiger partial charge in [0.1, 0.15) is 5.82 Å². The second-order valence-corrected chi connectivity index (χ2v) is 5.17. The molecular formula is C14H17F4NO. The van der Waals surface area contributed by atoms with E-state index >= 15 is 0 Å². The first-order valence-corrected chi connectivity index (χ1v) is 6.29. The van der Waals surface area contributed by atoms with Crippen LogP contribution in [-0.2, 0) is 6.18 Å². The largest absolute Gasteiger partial charge is 0.419 e. The number of hydrogen-bond acceptors (Lipinski definition) is 1. The lowest BCUT2D eigenvalue weighted by Gasteiger charge is -2.17. The summed E-state index contributed by atoms with van der Waals surface area (Å²) >= 11 is 0. The number of amides is 1. The van der Waals surface area contributed by atoms with Crippen LogP contribution in [0.15, 0.2) is 18.2 Å². The molecule has 1 rings (SSSR count). The second kappa shape index (κ2) is 6.24. The molecule has 1 N–H and O–H groups in total. The van der Waals surface area contributed by atoms with E-state index in [0.29, 0.717) is 18.4 Å². The van der Waals surface area contributed by atoms with E-state index in [1.807, 2.05) is 13.8 Å². The predicted octanol–water partition coefficient (Wildman–Crippen LogP) is 4.01. The minimum Gasteiger partial charge on any atom is -0.349 e. The van der Waals surface area contributed by atoms with Crippen molar-refractivity contribution in [3.8, 4) is 0 Å². The van der Waals surface area contributed by atoms with Crippen LogP contribution in [0.25, 0.3) is 0 Å². The molecule has 20 heavy (non-hydrogen) atoms. The average molecular weight is 291 g/mol. The van der Waals surface area contributed by atoms with Crippen molar-refractivity contribution < 1.29 is 22.4 Å². The number of carbonyl (C=O) groups excluding carboxylic acids is 1. The first kappa shape index (κ1) is 16.5. The molecule has 112 valence electrons. The molecule has 0 aliphatic rings. The lowest BCUT2D eigenvalue weighted by atomic mass is 10.0. The van der Waals surface area contributed by atoms with Crippen molar-refractivity contribution in [2.24, 2.45) is 5.92 Å². The van der Waals surface area contributed by atoms with Gasteiger partial charge in [-0.3, -0.25) is 4.79 Å². The highest BCUT2D eigenvalue weighted by atomic mass is 19.4. The summed E-state index contributed by atoms with van der Waals surface area (Å²) < 4.78 is 51.4. The van der Waals surface area contributed by atoms with Crippen LogP contribution >= 0.6 is 0 Å². The fraction of sp³-hybridized carbons (Fsp3) is 0.500. The van der Waals surface area contributed by atoms with E-state index in [2.05, 4.69) is 5.32 Å². The van der Waals surface area contributed by atoms with Crippen LogP contribution in [-0.4, -0.2) is 11.9 Å². The van der Waals surface area contributed by atoms with Crippen LogP contribution in [0.4, 0.5) is 17.6 Å². The summed E-state index contributed by atoms with van der Waals surface area (Å²) in [6, 6.07) is 2.44. The maximum absolute atomic E-state index is 13.8. The first-order chi connectivity index (χ1) is 9.12. The Labute approximate surface area is 115 Å². The normalized spacial score (nSPS) is 13.4. The van der Waals surface area contributed by atoms with Crippen molar-refractivity contribution in [2.45, 2.75) is 39.4 Å². The summed E-state index contributed by atoms with van der Waals surface area (Å²) in [5.41, 5.74) is -2.02. The Morgan fingerprint density at radius 1 is 1.25 bits per heavy atom. The Bertz CT molecular complexity index is 483. The Morgan fingerprint density at radius 2 is 1.85 bits per heavy atom. The fourth-order valence-electron chi connectivity index (χ4n) is 1.99. The van der Waals surface area contributed by atoms with E-state index < -0.39 is 29.0 Å². The molecule has 0 aliphatic heterocycles. The number of carbonyl (C=O) groups is 1. The fourth-order valence-corrected chi connectivity index (χ4v) is 1.99. The van der Waals surface area contributed by atoms with E-state index in [9.17, 15) is 22.4 Å². The third-order valence-electron chi connectivity index (χ3n) is 2.75. The van der Waals surface area contributed by atoms with Crippen LogP contribution in [0.5, 0.6) is 0 Å². The molecule has 0 heterocycles. The summed E-state index contributed by atoms with van der Waals surface area (Å²) in [6.07, 6.45) is -4.16. The highest BCUT2D eigenvalue weighted by Crippen LogP contribution is 2.32. The van der Waals surface area contributed by atoms with Gasteiger partial charge in [-0.2, -0.15) is 13.2 Å². The van der Waals surface area contributed by atoms with Gasteiger partial charge in [-0.1, -0.05) is 19.9 Å². The number of hydrogen-bond donors (Lipinski definition) is 1. The molecule has 2 nitrogen and oxygen atoms in total. The summed E-state index contributed by atoms with van der Waals surface area (Å²) in [4.78, 5) is 11.8. The van der Waals surface area contributed by atoms with E-state index in [1.54, 1.807) is 6.92 Å². The Hall–Kier alpha value is -1.59. The van der Waals surface area contributed by atoms with Gasteiger partial charge in [0.15, 0.2) is 0 Å². The van der Waals surface area contributed by atoms with Gasteiger partial charge in [0.2, 0.25) is 0 Å². The Balaban J connectivity index is 2.95. The minimum absolute atomic E-state index is 0.239. The number of halogens is 4. The molecule has 0 aliphatic carbocycles. The van der Waals surface area contributed by atoms with Crippen LogP contribution in [0.2, 0.25) is 0 Å². The first-order valence-electron chi connectivity index (χ1n) is 6.29. The summed E-state index contributed by atoms with van der Waals surface area (Å²) in [5, 5.41) is 2.50. The zero-order chi connectivity index (χ0) is 15.5. The molecule has 1 aromatic rings. The summed E-state index contributed by atoms with van der Waals surface area (Å²) in [7, 11) is 0. The van der Waals surface area contributed by atoms with Gasteiger partial charge < -0.3 is 5.32 Å². The monoisotopic (exact) mass is 291 g/mol. The van der Waals surface area contributed by atoms with Crippen LogP contribution < -0.4 is 5.32 Å². The SMILES string of the molecule is CC(C)CC(C)NC(=O)c1cccc(C(F)(F)F)c1F. The standard InChI is InChI=1S/C14H17F4NO/c1-8(2)7-9(3)19-13(20)10-5-4-6-11(12(10)15)14(16,17)18/h4-6,8-9H,7H2,1-3H3,(H,19,20). The summed E-state index contributed by atoms with van der Waals surface area (Å²) in [5.74, 6) is -2.05. The average Bonchev–Trinajstić information content (AvgIpc) is 2.25. The third-order valence-corrected chi connectivity index (χ3v) is 2.75. The van der Waals surface area contributed by atoms with Crippen molar-refractivity contribution in [3.63, 3.8) is 0 Å². The third kappa shape index (κ3) is 4.21. The lowest BCUT2D eigenvalue weighted by Crippen LogP contribution is -2.34. The van der Waals surface area contributed by atoms with Gasteiger partial charge in [0.05, 0.1) is 11.1 Å². The van der Waals surface area contributed by atoms with Crippen molar-refractivity contribution in [1.29, 1.82) is 0 Å². The molecule has 1 unspecified atom stereocenters.